The molecule has 1 heterocycles. The summed E-state index contributed by atoms with van der Waals surface area (Å²) in [6.07, 6.45) is 3.95. The minimum absolute atomic E-state index is 0.0895. The van der Waals surface area contributed by atoms with Crippen molar-refractivity contribution in [2.24, 2.45) is 0 Å². The Morgan fingerprint density at radius 1 is 1.20 bits per heavy atom. The molecule has 0 aromatic carbocycles. The molecule has 2 fully saturated rings. The molecule has 15 heavy (non-hydrogen) atoms. The second-order valence-electron chi connectivity index (χ2n) is 4.32. The highest BCUT2D eigenvalue weighted by Gasteiger charge is 2.33. The molecule has 1 aliphatic heterocycles. The third-order valence-electron chi connectivity index (χ3n) is 3.01. The van der Waals surface area contributed by atoms with Crippen LogP contribution in [-0.4, -0.2) is 38.4 Å². The SMILES string of the molecule is FC1(OC[C@@H]2COCCO2)CCCCC1. The molecule has 0 bridgehead atoms. The molecule has 0 aromatic heterocycles. The van der Waals surface area contributed by atoms with Crippen molar-refractivity contribution in [3.05, 3.63) is 0 Å². The molecule has 1 saturated carbocycles. The molecule has 0 unspecified atom stereocenters. The van der Waals surface area contributed by atoms with Crippen molar-refractivity contribution >= 4 is 0 Å². The number of hydrogen-bond donors (Lipinski definition) is 0. The van der Waals surface area contributed by atoms with Gasteiger partial charge in [-0.1, -0.05) is 6.42 Å². The average molecular weight is 218 g/mol. The van der Waals surface area contributed by atoms with Gasteiger partial charge in [-0.05, 0) is 12.8 Å². The normalized spacial score (nSPS) is 31.4. The Hall–Kier alpha value is -0.190. The van der Waals surface area contributed by atoms with Gasteiger partial charge >= 0.3 is 0 Å². The van der Waals surface area contributed by atoms with E-state index >= 15 is 0 Å². The van der Waals surface area contributed by atoms with Crippen LogP contribution in [0.25, 0.3) is 0 Å². The quantitative estimate of drug-likeness (QED) is 0.725. The highest BCUT2D eigenvalue weighted by Crippen LogP contribution is 2.33. The molecule has 88 valence electrons. The first kappa shape index (κ1) is 11.3. The van der Waals surface area contributed by atoms with Gasteiger partial charge in [0.25, 0.3) is 0 Å². The van der Waals surface area contributed by atoms with E-state index in [9.17, 15) is 4.39 Å². The Bertz CT molecular complexity index is 186. The molecular formula is C11H19FO3. The Labute approximate surface area is 89.9 Å². The summed E-state index contributed by atoms with van der Waals surface area (Å²) in [5.41, 5.74) is 0. The molecule has 0 aromatic rings. The summed E-state index contributed by atoms with van der Waals surface area (Å²) >= 11 is 0. The zero-order chi connectivity index (χ0) is 10.6. The third kappa shape index (κ3) is 3.40. The first-order valence-corrected chi connectivity index (χ1v) is 5.81. The summed E-state index contributed by atoms with van der Waals surface area (Å²) in [6, 6.07) is 0. The van der Waals surface area contributed by atoms with Gasteiger partial charge < -0.3 is 14.2 Å². The number of alkyl halides is 1. The lowest BCUT2D eigenvalue weighted by Gasteiger charge is -2.32. The third-order valence-corrected chi connectivity index (χ3v) is 3.01. The van der Waals surface area contributed by atoms with Crippen LogP contribution in [0.1, 0.15) is 32.1 Å². The maximum atomic E-state index is 14.0. The molecule has 1 saturated heterocycles. The van der Waals surface area contributed by atoms with E-state index < -0.39 is 5.85 Å². The molecular weight excluding hydrogens is 199 g/mol. The van der Waals surface area contributed by atoms with Gasteiger partial charge in [0.15, 0.2) is 0 Å². The zero-order valence-corrected chi connectivity index (χ0v) is 9.04. The lowest BCUT2D eigenvalue weighted by Crippen LogP contribution is -2.38. The van der Waals surface area contributed by atoms with E-state index in [0.29, 0.717) is 39.3 Å². The number of hydrogen-bond acceptors (Lipinski definition) is 3. The molecule has 2 aliphatic rings. The second-order valence-corrected chi connectivity index (χ2v) is 4.32. The predicted octanol–water partition coefficient (Wildman–Crippen LogP) is 2.05. The molecule has 1 aliphatic carbocycles. The van der Waals surface area contributed by atoms with E-state index in [1.54, 1.807) is 0 Å². The number of halogens is 1. The summed E-state index contributed by atoms with van der Waals surface area (Å²) < 4.78 is 30.0. The summed E-state index contributed by atoms with van der Waals surface area (Å²) in [6.45, 7) is 2.07. The molecule has 4 heteroatoms. The van der Waals surface area contributed by atoms with E-state index in [0.717, 1.165) is 19.3 Å². The Morgan fingerprint density at radius 3 is 2.67 bits per heavy atom. The van der Waals surface area contributed by atoms with Crippen LogP contribution in [0.15, 0.2) is 0 Å². The smallest absolute Gasteiger partial charge is 0.209 e. The molecule has 2 rings (SSSR count). The van der Waals surface area contributed by atoms with Crippen molar-refractivity contribution in [1.29, 1.82) is 0 Å². The van der Waals surface area contributed by atoms with Crippen LogP contribution in [0.3, 0.4) is 0 Å². The highest BCUT2D eigenvalue weighted by atomic mass is 19.2. The molecule has 0 spiro atoms. The standard InChI is InChI=1S/C11H19FO3/c12-11(4-2-1-3-5-11)15-9-10-8-13-6-7-14-10/h10H,1-9H2/t10-/m0/s1. The van der Waals surface area contributed by atoms with Crippen molar-refractivity contribution < 1.29 is 18.6 Å². The lowest BCUT2D eigenvalue weighted by molar-refractivity contribution is -0.202. The Morgan fingerprint density at radius 2 is 2.00 bits per heavy atom. The van der Waals surface area contributed by atoms with Crippen LogP contribution in [0.2, 0.25) is 0 Å². The van der Waals surface area contributed by atoms with E-state index in [4.69, 9.17) is 14.2 Å². The van der Waals surface area contributed by atoms with Gasteiger partial charge in [-0.15, -0.1) is 0 Å². The Balaban J connectivity index is 1.70. The van der Waals surface area contributed by atoms with Gasteiger partial charge in [-0.2, -0.15) is 0 Å². The average Bonchev–Trinajstić information content (AvgIpc) is 2.29. The first-order valence-electron chi connectivity index (χ1n) is 5.81. The molecule has 0 radical (unpaired) electrons. The molecule has 3 nitrogen and oxygen atoms in total. The van der Waals surface area contributed by atoms with Crippen LogP contribution in [0.5, 0.6) is 0 Å². The van der Waals surface area contributed by atoms with Gasteiger partial charge in [0.2, 0.25) is 5.85 Å². The highest BCUT2D eigenvalue weighted by molar-refractivity contribution is 4.74. The molecule has 0 amide bonds. The summed E-state index contributed by atoms with van der Waals surface area (Å²) in [5.74, 6) is -1.40. The molecule has 1 atom stereocenters. The zero-order valence-electron chi connectivity index (χ0n) is 9.04. The number of rotatable bonds is 3. The minimum atomic E-state index is -1.40. The van der Waals surface area contributed by atoms with Crippen LogP contribution in [0.4, 0.5) is 4.39 Å². The van der Waals surface area contributed by atoms with Crippen molar-refractivity contribution in [3.63, 3.8) is 0 Å². The van der Waals surface area contributed by atoms with Gasteiger partial charge in [-0.3, -0.25) is 0 Å². The van der Waals surface area contributed by atoms with E-state index in [-0.39, 0.29) is 6.10 Å². The van der Waals surface area contributed by atoms with Gasteiger partial charge in [0.1, 0.15) is 6.10 Å². The van der Waals surface area contributed by atoms with Crippen LogP contribution in [0, 0.1) is 0 Å². The van der Waals surface area contributed by atoms with Crippen LogP contribution in [-0.2, 0) is 14.2 Å². The van der Waals surface area contributed by atoms with Crippen molar-refractivity contribution in [3.8, 4) is 0 Å². The largest absolute Gasteiger partial charge is 0.376 e. The van der Waals surface area contributed by atoms with Crippen molar-refractivity contribution in [2.75, 3.05) is 26.4 Å². The second kappa shape index (κ2) is 5.23. The number of ether oxygens (including phenoxy) is 3. The minimum Gasteiger partial charge on any atom is -0.376 e. The maximum Gasteiger partial charge on any atom is 0.209 e. The lowest BCUT2D eigenvalue weighted by atomic mass is 9.95. The fourth-order valence-corrected chi connectivity index (χ4v) is 2.10. The maximum absolute atomic E-state index is 14.0. The summed E-state index contributed by atoms with van der Waals surface area (Å²) in [4.78, 5) is 0. The fraction of sp³-hybridized carbons (Fsp3) is 1.00. The van der Waals surface area contributed by atoms with E-state index in [1.165, 1.54) is 0 Å². The van der Waals surface area contributed by atoms with E-state index in [1.807, 2.05) is 0 Å². The van der Waals surface area contributed by atoms with Crippen LogP contribution >= 0.6 is 0 Å². The van der Waals surface area contributed by atoms with Crippen molar-refractivity contribution in [2.45, 2.75) is 44.1 Å². The summed E-state index contributed by atoms with van der Waals surface area (Å²) in [5, 5.41) is 0. The van der Waals surface area contributed by atoms with Crippen molar-refractivity contribution in [1.82, 2.24) is 0 Å². The summed E-state index contributed by atoms with van der Waals surface area (Å²) in [7, 11) is 0. The van der Waals surface area contributed by atoms with Gasteiger partial charge in [-0.25, -0.2) is 4.39 Å². The monoisotopic (exact) mass is 218 g/mol. The van der Waals surface area contributed by atoms with E-state index in [2.05, 4.69) is 0 Å². The molecule has 0 N–H and O–H groups in total. The van der Waals surface area contributed by atoms with Crippen LogP contribution < -0.4 is 0 Å². The van der Waals surface area contributed by atoms with Gasteiger partial charge in [0.05, 0.1) is 26.4 Å². The van der Waals surface area contributed by atoms with Gasteiger partial charge in [0, 0.05) is 12.8 Å². The predicted molar refractivity (Wildman–Crippen MR) is 53.4 cm³/mol. The topological polar surface area (TPSA) is 27.7 Å². The fourth-order valence-electron chi connectivity index (χ4n) is 2.10. The first-order chi connectivity index (χ1) is 7.29. The Kier molecular flexibility index (Phi) is 3.94.